The summed E-state index contributed by atoms with van der Waals surface area (Å²) in [5.41, 5.74) is 1.44. The highest BCUT2D eigenvalue weighted by atomic mass is 79.9. The van der Waals surface area contributed by atoms with Crippen LogP contribution in [0.1, 0.15) is 28.4 Å². The maximum Gasteiger partial charge on any atom is 0.387 e. The van der Waals surface area contributed by atoms with Crippen molar-refractivity contribution >= 4 is 21.9 Å². The summed E-state index contributed by atoms with van der Waals surface area (Å²) < 4.78 is 33.8. The summed E-state index contributed by atoms with van der Waals surface area (Å²) in [6, 6.07) is 2.97. The molecule has 0 radical (unpaired) electrons. The zero-order valence-corrected chi connectivity index (χ0v) is 11.6. The summed E-state index contributed by atoms with van der Waals surface area (Å²) in [5, 5.41) is 0.355. The fourth-order valence-corrected chi connectivity index (χ4v) is 2.25. The molecular weight excluding hydrogens is 310 g/mol. The van der Waals surface area contributed by atoms with E-state index >= 15 is 0 Å². The Labute approximate surface area is 112 Å². The van der Waals surface area contributed by atoms with Crippen molar-refractivity contribution in [3.63, 3.8) is 0 Å². The number of hydrogen-bond donors (Lipinski definition) is 0. The van der Waals surface area contributed by atoms with Crippen LogP contribution in [0.15, 0.2) is 12.1 Å². The molecule has 0 unspecified atom stereocenters. The van der Waals surface area contributed by atoms with Gasteiger partial charge in [0.15, 0.2) is 0 Å². The van der Waals surface area contributed by atoms with Crippen LogP contribution in [0.5, 0.6) is 5.75 Å². The van der Waals surface area contributed by atoms with Gasteiger partial charge >= 0.3 is 12.6 Å². The monoisotopic (exact) mass is 322 g/mol. The van der Waals surface area contributed by atoms with Crippen molar-refractivity contribution in [2.24, 2.45) is 0 Å². The number of esters is 1. The average Bonchev–Trinajstić information content (AvgIpc) is 2.30. The van der Waals surface area contributed by atoms with Crippen LogP contribution in [-0.4, -0.2) is 19.2 Å². The van der Waals surface area contributed by atoms with Crippen molar-refractivity contribution in [1.29, 1.82) is 0 Å². The Hall–Kier alpha value is -1.17. The van der Waals surface area contributed by atoms with Gasteiger partial charge in [0, 0.05) is 5.33 Å². The predicted octanol–water partition coefficient (Wildman–Crippen LogP) is 3.67. The van der Waals surface area contributed by atoms with Crippen molar-refractivity contribution < 1.29 is 23.0 Å². The van der Waals surface area contributed by atoms with E-state index in [9.17, 15) is 13.6 Å². The first kappa shape index (κ1) is 14.9. The lowest BCUT2D eigenvalue weighted by Crippen LogP contribution is -2.13. The van der Waals surface area contributed by atoms with Gasteiger partial charge in [0.2, 0.25) is 0 Å². The van der Waals surface area contributed by atoms with Crippen LogP contribution in [0.25, 0.3) is 0 Å². The fraction of sp³-hybridized carbons (Fsp3) is 0.417. The van der Waals surface area contributed by atoms with Crippen molar-refractivity contribution in [3.8, 4) is 5.75 Å². The molecule has 0 fully saturated rings. The normalized spacial score (nSPS) is 10.6. The maximum atomic E-state index is 12.3. The molecule has 1 aromatic rings. The molecule has 100 valence electrons. The molecule has 0 atom stereocenters. The van der Waals surface area contributed by atoms with Crippen LogP contribution >= 0.6 is 15.9 Å². The molecule has 1 rings (SSSR count). The second-order valence-corrected chi connectivity index (χ2v) is 4.03. The Kier molecular flexibility index (Phi) is 5.53. The molecule has 6 heteroatoms. The Bertz CT molecular complexity index is 436. The van der Waals surface area contributed by atoms with E-state index in [2.05, 4.69) is 20.7 Å². The van der Waals surface area contributed by atoms with Gasteiger partial charge in [-0.05, 0) is 31.0 Å². The van der Waals surface area contributed by atoms with Gasteiger partial charge in [-0.3, -0.25) is 0 Å². The van der Waals surface area contributed by atoms with Crippen molar-refractivity contribution in [3.05, 3.63) is 28.8 Å². The van der Waals surface area contributed by atoms with Gasteiger partial charge in [0.05, 0.1) is 6.61 Å². The van der Waals surface area contributed by atoms with Crippen molar-refractivity contribution in [1.82, 2.24) is 0 Å². The van der Waals surface area contributed by atoms with Crippen LogP contribution in [0.4, 0.5) is 8.78 Å². The van der Waals surface area contributed by atoms with Gasteiger partial charge in [-0.1, -0.05) is 22.0 Å². The number of aryl methyl sites for hydroxylation is 1. The molecule has 0 amide bonds. The lowest BCUT2D eigenvalue weighted by molar-refractivity contribution is -0.0504. The summed E-state index contributed by atoms with van der Waals surface area (Å²) >= 11 is 3.23. The largest absolute Gasteiger partial charge is 0.462 e. The van der Waals surface area contributed by atoms with E-state index in [0.717, 1.165) is 5.56 Å². The number of alkyl halides is 3. The lowest BCUT2D eigenvalue weighted by Gasteiger charge is -2.15. The second kappa shape index (κ2) is 6.68. The molecule has 0 bridgehead atoms. The molecule has 0 aromatic heterocycles. The first-order chi connectivity index (χ1) is 8.51. The minimum absolute atomic E-state index is 0.0500. The smallest absolute Gasteiger partial charge is 0.387 e. The van der Waals surface area contributed by atoms with E-state index in [1.807, 2.05) is 0 Å². The molecule has 0 saturated carbocycles. The van der Waals surface area contributed by atoms with Gasteiger partial charge in [-0.15, -0.1) is 0 Å². The molecule has 0 aliphatic heterocycles. The molecule has 0 saturated heterocycles. The molecule has 0 spiro atoms. The third kappa shape index (κ3) is 3.41. The summed E-state index contributed by atoms with van der Waals surface area (Å²) in [6.07, 6.45) is 0. The third-order valence-corrected chi connectivity index (χ3v) is 2.90. The second-order valence-electron chi connectivity index (χ2n) is 3.47. The predicted molar refractivity (Wildman–Crippen MR) is 66.4 cm³/mol. The Balaban J connectivity index is 3.29. The molecule has 0 aliphatic carbocycles. The van der Waals surface area contributed by atoms with Crippen molar-refractivity contribution in [2.75, 3.05) is 6.61 Å². The van der Waals surface area contributed by atoms with E-state index in [1.54, 1.807) is 19.9 Å². The van der Waals surface area contributed by atoms with Crippen LogP contribution in [0.3, 0.4) is 0 Å². The summed E-state index contributed by atoms with van der Waals surface area (Å²) in [7, 11) is 0. The minimum atomic E-state index is -2.98. The summed E-state index contributed by atoms with van der Waals surface area (Å²) in [5.74, 6) is -0.824. The van der Waals surface area contributed by atoms with Crippen LogP contribution in [0, 0.1) is 6.92 Å². The zero-order chi connectivity index (χ0) is 13.7. The molecule has 0 aliphatic rings. The van der Waals surface area contributed by atoms with Gasteiger partial charge in [0.25, 0.3) is 0 Å². The van der Waals surface area contributed by atoms with Gasteiger partial charge < -0.3 is 9.47 Å². The number of benzene rings is 1. The van der Waals surface area contributed by atoms with Crippen LogP contribution < -0.4 is 4.74 Å². The Morgan fingerprint density at radius 3 is 2.61 bits per heavy atom. The van der Waals surface area contributed by atoms with Crippen molar-refractivity contribution in [2.45, 2.75) is 25.8 Å². The molecule has 0 heterocycles. The van der Waals surface area contributed by atoms with Gasteiger partial charge in [-0.25, -0.2) is 4.79 Å². The molecule has 0 N–H and O–H groups in total. The number of ether oxygens (including phenoxy) is 2. The topological polar surface area (TPSA) is 35.5 Å². The van der Waals surface area contributed by atoms with Crippen LogP contribution in [0.2, 0.25) is 0 Å². The lowest BCUT2D eigenvalue weighted by atomic mass is 10.0. The van der Waals surface area contributed by atoms with Crippen LogP contribution in [-0.2, 0) is 10.1 Å². The quantitative estimate of drug-likeness (QED) is 0.613. The van der Waals surface area contributed by atoms with Gasteiger partial charge in [-0.2, -0.15) is 8.78 Å². The zero-order valence-electron chi connectivity index (χ0n) is 10.0. The highest BCUT2D eigenvalue weighted by Crippen LogP contribution is 2.29. The van der Waals surface area contributed by atoms with E-state index in [-0.39, 0.29) is 17.9 Å². The first-order valence-electron chi connectivity index (χ1n) is 5.31. The SMILES string of the molecule is CCOC(=O)c1c(OC(F)F)ccc(C)c1CBr. The third-order valence-electron chi connectivity index (χ3n) is 2.34. The molecular formula is C12H13BrF2O3. The number of hydrogen-bond acceptors (Lipinski definition) is 3. The van der Waals surface area contributed by atoms with E-state index < -0.39 is 12.6 Å². The number of rotatable bonds is 5. The van der Waals surface area contributed by atoms with E-state index in [0.29, 0.717) is 10.9 Å². The van der Waals surface area contributed by atoms with E-state index in [1.165, 1.54) is 6.07 Å². The van der Waals surface area contributed by atoms with Gasteiger partial charge in [0.1, 0.15) is 11.3 Å². The standard InChI is InChI=1S/C12H13BrF2O3/c1-3-17-11(16)10-8(6-13)7(2)4-5-9(10)18-12(14)15/h4-5,12H,3,6H2,1-2H3. The summed E-state index contributed by atoms with van der Waals surface area (Å²) in [4.78, 5) is 11.8. The minimum Gasteiger partial charge on any atom is -0.462 e. The fourth-order valence-electron chi connectivity index (χ4n) is 1.52. The Morgan fingerprint density at radius 1 is 1.44 bits per heavy atom. The summed E-state index contributed by atoms with van der Waals surface area (Å²) in [6.45, 7) is 0.618. The maximum absolute atomic E-state index is 12.3. The highest BCUT2D eigenvalue weighted by molar-refractivity contribution is 9.08. The Morgan fingerprint density at radius 2 is 2.11 bits per heavy atom. The average molecular weight is 323 g/mol. The first-order valence-corrected chi connectivity index (χ1v) is 6.43. The molecule has 18 heavy (non-hydrogen) atoms. The molecule has 3 nitrogen and oxygen atoms in total. The highest BCUT2D eigenvalue weighted by Gasteiger charge is 2.22. The number of halogens is 3. The number of carbonyl (C=O) groups is 1. The van der Waals surface area contributed by atoms with E-state index in [4.69, 9.17) is 4.74 Å². The molecule has 1 aromatic carbocycles. The number of carbonyl (C=O) groups excluding carboxylic acids is 1.